The molecule has 1 aromatic rings. The van der Waals surface area contributed by atoms with Gasteiger partial charge in [-0.15, -0.1) is 0 Å². The van der Waals surface area contributed by atoms with Gasteiger partial charge in [0.2, 0.25) is 0 Å². The van der Waals surface area contributed by atoms with Crippen LogP contribution in [0.5, 0.6) is 0 Å². The number of hydrogen-bond acceptors (Lipinski definition) is 3. The Kier molecular flexibility index (Phi) is 4.43. The van der Waals surface area contributed by atoms with Crippen molar-refractivity contribution in [3.63, 3.8) is 0 Å². The number of rotatable bonds is 4. The molecule has 1 N–H and O–H groups in total. The summed E-state index contributed by atoms with van der Waals surface area (Å²) in [6.07, 6.45) is 2.30. The number of nitrogens with zero attached hydrogens (tertiary/aromatic N) is 1. The predicted molar refractivity (Wildman–Crippen MR) is 75.0 cm³/mol. The third kappa shape index (κ3) is 3.26. The van der Waals surface area contributed by atoms with Gasteiger partial charge in [-0.05, 0) is 44.4 Å². The Morgan fingerprint density at radius 2 is 2.32 bits per heavy atom. The topological polar surface area (TPSA) is 49.8 Å². The zero-order valence-electron chi connectivity index (χ0n) is 11.6. The number of anilines is 1. The van der Waals surface area contributed by atoms with E-state index in [2.05, 4.69) is 4.90 Å². The minimum Gasteiger partial charge on any atom is -0.478 e. The predicted octanol–water partition coefficient (Wildman–Crippen LogP) is 2.70. The Balaban J connectivity index is 2.24. The molecule has 1 aromatic carbocycles. The number of piperidine rings is 1. The second-order valence-corrected chi connectivity index (χ2v) is 4.99. The molecular weight excluding hydrogens is 242 g/mol. The molecule has 1 aliphatic heterocycles. The summed E-state index contributed by atoms with van der Waals surface area (Å²) < 4.78 is 5.68. The van der Waals surface area contributed by atoms with Crippen molar-refractivity contribution >= 4 is 11.7 Å². The van der Waals surface area contributed by atoms with Crippen LogP contribution in [-0.4, -0.2) is 36.9 Å². The highest BCUT2D eigenvalue weighted by molar-refractivity contribution is 5.94. The number of aryl methyl sites for hydroxylation is 1. The van der Waals surface area contributed by atoms with Crippen LogP contribution in [0.3, 0.4) is 0 Å². The zero-order chi connectivity index (χ0) is 13.8. The summed E-state index contributed by atoms with van der Waals surface area (Å²) in [5.74, 6) is -0.867. The summed E-state index contributed by atoms with van der Waals surface area (Å²) in [5.41, 5.74) is 2.28. The Labute approximate surface area is 114 Å². The SMILES string of the molecule is CCOC1CCCN(c2cc(C)ccc2C(=O)O)C1. The molecule has 1 saturated heterocycles. The third-order valence-corrected chi connectivity index (χ3v) is 3.50. The molecule has 4 nitrogen and oxygen atoms in total. The van der Waals surface area contributed by atoms with Crippen molar-refractivity contribution in [3.05, 3.63) is 29.3 Å². The smallest absolute Gasteiger partial charge is 0.337 e. The van der Waals surface area contributed by atoms with Gasteiger partial charge in [-0.3, -0.25) is 0 Å². The normalized spacial score (nSPS) is 19.5. The first kappa shape index (κ1) is 13.9. The van der Waals surface area contributed by atoms with Crippen molar-refractivity contribution < 1.29 is 14.6 Å². The van der Waals surface area contributed by atoms with E-state index in [0.717, 1.165) is 37.2 Å². The zero-order valence-corrected chi connectivity index (χ0v) is 11.6. The van der Waals surface area contributed by atoms with E-state index in [4.69, 9.17) is 4.74 Å². The van der Waals surface area contributed by atoms with Crippen LogP contribution in [0.15, 0.2) is 18.2 Å². The van der Waals surface area contributed by atoms with E-state index in [9.17, 15) is 9.90 Å². The van der Waals surface area contributed by atoms with Crippen molar-refractivity contribution in [2.24, 2.45) is 0 Å². The van der Waals surface area contributed by atoms with Crippen molar-refractivity contribution in [2.45, 2.75) is 32.8 Å². The maximum atomic E-state index is 11.3. The summed E-state index contributed by atoms with van der Waals surface area (Å²) >= 11 is 0. The van der Waals surface area contributed by atoms with E-state index < -0.39 is 5.97 Å². The van der Waals surface area contributed by atoms with E-state index >= 15 is 0 Å². The fourth-order valence-corrected chi connectivity index (χ4v) is 2.61. The quantitative estimate of drug-likeness (QED) is 0.907. The van der Waals surface area contributed by atoms with Gasteiger partial charge >= 0.3 is 5.97 Å². The lowest BCUT2D eigenvalue weighted by molar-refractivity contribution is 0.0524. The number of carbonyl (C=O) groups is 1. The van der Waals surface area contributed by atoms with Crippen molar-refractivity contribution in [3.8, 4) is 0 Å². The lowest BCUT2D eigenvalue weighted by Crippen LogP contribution is -2.40. The van der Waals surface area contributed by atoms with Crippen LogP contribution in [0.4, 0.5) is 5.69 Å². The highest BCUT2D eigenvalue weighted by Crippen LogP contribution is 2.26. The summed E-state index contributed by atoms with van der Waals surface area (Å²) in [4.78, 5) is 13.5. The van der Waals surface area contributed by atoms with Gasteiger partial charge in [0.15, 0.2) is 0 Å². The average Bonchev–Trinajstić information content (AvgIpc) is 2.39. The fourth-order valence-electron chi connectivity index (χ4n) is 2.61. The van der Waals surface area contributed by atoms with E-state index in [1.807, 2.05) is 26.0 Å². The van der Waals surface area contributed by atoms with Crippen molar-refractivity contribution in [2.75, 3.05) is 24.6 Å². The van der Waals surface area contributed by atoms with Gasteiger partial charge in [0.25, 0.3) is 0 Å². The minimum atomic E-state index is -0.867. The van der Waals surface area contributed by atoms with Crippen LogP contribution >= 0.6 is 0 Å². The molecule has 1 fully saturated rings. The molecule has 0 aromatic heterocycles. The number of ether oxygens (including phenoxy) is 1. The largest absolute Gasteiger partial charge is 0.478 e. The number of benzene rings is 1. The van der Waals surface area contributed by atoms with E-state index in [0.29, 0.717) is 12.2 Å². The lowest BCUT2D eigenvalue weighted by atomic mass is 10.0. The van der Waals surface area contributed by atoms with Crippen LogP contribution in [-0.2, 0) is 4.74 Å². The number of carboxylic acid groups (broad SMARTS) is 1. The van der Waals surface area contributed by atoms with Crippen LogP contribution in [0.1, 0.15) is 35.7 Å². The van der Waals surface area contributed by atoms with Gasteiger partial charge in [0.1, 0.15) is 0 Å². The molecule has 4 heteroatoms. The molecule has 0 spiro atoms. The Hall–Kier alpha value is -1.55. The Morgan fingerprint density at radius 1 is 1.53 bits per heavy atom. The monoisotopic (exact) mass is 263 g/mol. The van der Waals surface area contributed by atoms with Crippen LogP contribution < -0.4 is 4.90 Å². The van der Waals surface area contributed by atoms with Crippen LogP contribution in [0.25, 0.3) is 0 Å². The van der Waals surface area contributed by atoms with Gasteiger partial charge in [-0.25, -0.2) is 4.79 Å². The molecule has 1 heterocycles. The molecule has 0 radical (unpaired) electrons. The number of aromatic carboxylic acids is 1. The molecule has 1 aliphatic rings. The highest BCUT2D eigenvalue weighted by atomic mass is 16.5. The summed E-state index contributed by atoms with van der Waals surface area (Å²) in [5, 5.41) is 9.30. The Bertz CT molecular complexity index is 457. The second kappa shape index (κ2) is 6.06. The molecule has 2 rings (SSSR count). The van der Waals surface area contributed by atoms with Gasteiger partial charge in [-0.1, -0.05) is 6.07 Å². The second-order valence-electron chi connectivity index (χ2n) is 4.99. The van der Waals surface area contributed by atoms with Crippen LogP contribution in [0.2, 0.25) is 0 Å². The first-order chi connectivity index (χ1) is 9.11. The fraction of sp³-hybridized carbons (Fsp3) is 0.533. The molecule has 1 atom stereocenters. The standard InChI is InChI=1S/C15H21NO3/c1-3-19-12-5-4-8-16(10-12)14-9-11(2)6-7-13(14)15(17)18/h6-7,9,12H,3-5,8,10H2,1-2H3,(H,17,18). The maximum absolute atomic E-state index is 11.3. The number of hydrogen-bond donors (Lipinski definition) is 1. The van der Waals surface area contributed by atoms with E-state index in [1.165, 1.54) is 0 Å². The third-order valence-electron chi connectivity index (χ3n) is 3.50. The number of carboxylic acids is 1. The minimum absolute atomic E-state index is 0.209. The lowest BCUT2D eigenvalue weighted by Gasteiger charge is -2.35. The van der Waals surface area contributed by atoms with Crippen molar-refractivity contribution in [1.29, 1.82) is 0 Å². The molecule has 1 unspecified atom stereocenters. The van der Waals surface area contributed by atoms with Gasteiger partial charge in [0, 0.05) is 19.7 Å². The molecular formula is C15H21NO3. The van der Waals surface area contributed by atoms with Gasteiger partial charge < -0.3 is 14.7 Å². The molecule has 0 aliphatic carbocycles. The maximum Gasteiger partial charge on any atom is 0.337 e. The molecule has 19 heavy (non-hydrogen) atoms. The molecule has 0 amide bonds. The summed E-state index contributed by atoms with van der Waals surface area (Å²) in [6.45, 7) is 6.36. The first-order valence-corrected chi connectivity index (χ1v) is 6.82. The average molecular weight is 263 g/mol. The van der Waals surface area contributed by atoms with E-state index in [-0.39, 0.29) is 6.10 Å². The van der Waals surface area contributed by atoms with Gasteiger partial charge in [0.05, 0.1) is 17.4 Å². The molecule has 0 bridgehead atoms. The van der Waals surface area contributed by atoms with Crippen molar-refractivity contribution in [1.82, 2.24) is 0 Å². The van der Waals surface area contributed by atoms with E-state index in [1.54, 1.807) is 6.07 Å². The first-order valence-electron chi connectivity index (χ1n) is 6.82. The van der Waals surface area contributed by atoms with Crippen LogP contribution in [0, 0.1) is 6.92 Å². The Morgan fingerprint density at radius 3 is 3.00 bits per heavy atom. The van der Waals surface area contributed by atoms with Gasteiger partial charge in [-0.2, -0.15) is 0 Å². The molecule has 104 valence electrons. The molecule has 0 saturated carbocycles. The summed E-state index contributed by atoms with van der Waals surface area (Å²) in [6, 6.07) is 5.49. The summed E-state index contributed by atoms with van der Waals surface area (Å²) in [7, 11) is 0. The highest BCUT2D eigenvalue weighted by Gasteiger charge is 2.23.